The number of nitrogens with one attached hydrogen (secondary N) is 1. The van der Waals surface area contributed by atoms with Crippen LogP contribution in [0.2, 0.25) is 5.02 Å². The van der Waals surface area contributed by atoms with Gasteiger partial charge in [0, 0.05) is 10.6 Å². The SMILES string of the molecule is O=C(Cc1ccccc1Cl)NC(c1ccccc1)c1nnc(-c2ccccc2)o1. The van der Waals surface area contributed by atoms with E-state index in [1.807, 2.05) is 78.9 Å². The molecule has 0 fully saturated rings. The Morgan fingerprint density at radius 3 is 2.28 bits per heavy atom. The van der Waals surface area contributed by atoms with Crippen molar-refractivity contribution in [3.05, 3.63) is 107 Å². The summed E-state index contributed by atoms with van der Waals surface area (Å²) >= 11 is 6.19. The van der Waals surface area contributed by atoms with E-state index >= 15 is 0 Å². The van der Waals surface area contributed by atoms with Gasteiger partial charge in [0.2, 0.25) is 17.7 Å². The quantitative estimate of drug-likeness (QED) is 0.500. The smallest absolute Gasteiger partial charge is 0.247 e. The van der Waals surface area contributed by atoms with Gasteiger partial charge in [-0.1, -0.05) is 78.3 Å². The maximum absolute atomic E-state index is 12.7. The summed E-state index contributed by atoms with van der Waals surface area (Å²) in [4.78, 5) is 12.7. The predicted octanol–water partition coefficient (Wildman–Crippen LogP) is 4.84. The van der Waals surface area contributed by atoms with Crippen molar-refractivity contribution in [1.82, 2.24) is 15.5 Å². The second-order valence-electron chi connectivity index (χ2n) is 6.49. The third kappa shape index (κ3) is 4.52. The number of aromatic nitrogens is 2. The molecule has 1 aromatic heterocycles. The molecule has 0 aliphatic carbocycles. The Hall–Kier alpha value is -3.44. The maximum Gasteiger partial charge on any atom is 0.247 e. The molecule has 29 heavy (non-hydrogen) atoms. The lowest BCUT2D eigenvalue weighted by Crippen LogP contribution is -2.31. The summed E-state index contributed by atoms with van der Waals surface area (Å²) < 4.78 is 5.90. The molecule has 0 radical (unpaired) electrons. The van der Waals surface area contributed by atoms with Crippen molar-refractivity contribution in [2.75, 3.05) is 0 Å². The maximum atomic E-state index is 12.7. The van der Waals surface area contributed by atoms with E-state index in [1.165, 1.54) is 0 Å². The average molecular weight is 404 g/mol. The van der Waals surface area contributed by atoms with Crippen LogP contribution in [0.25, 0.3) is 11.5 Å². The molecule has 4 rings (SSSR count). The second-order valence-corrected chi connectivity index (χ2v) is 6.90. The van der Waals surface area contributed by atoms with Crippen LogP contribution in [-0.4, -0.2) is 16.1 Å². The lowest BCUT2D eigenvalue weighted by molar-refractivity contribution is -0.121. The van der Waals surface area contributed by atoms with Gasteiger partial charge in [-0.15, -0.1) is 10.2 Å². The van der Waals surface area contributed by atoms with Gasteiger partial charge in [-0.25, -0.2) is 0 Å². The van der Waals surface area contributed by atoms with Gasteiger partial charge in [-0.3, -0.25) is 4.79 Å². The fourth-order valence-electron chi connectivity index (χ4n) is 3.01. The van der Waals surface area contributed by atoms with Gasteiger partial charge in [0.15, 0.2) is 0 Å². The molecule has 4 aromatic rings. The van der Waals surface area contributed by atoms with Gasteiger partial charge in [-0.05, 0) is 29.3 Å². The fourth-order valence-corrected chi connectivity index (χ4v) is 3.21. The number of benzene rings is 3. The Kier molecular flexibility index (Phi) is 5.68. The first-order chi connectivity index (χ1) is 14.2. The van der Waals surface area contributed by atoms with Crippen LogP contribution in [0.3, 0.4) is 0 Å². The molecule has 6 heteroatoms. The largest absolute Gasteiger partial charge is 0.418 e. The van der Waals surface area contributed by atoms with Crippen molar-refractivity contribution in [2.24, 2.45) is 0 Å². The number of nitrogens with zero attached hydrogens (tertiary/aromatic N) is 2. The highest BCUT2D eigenvalue weighted by Gasteiger charge is 2.23. The average Bonchev–Trinajstić information content (AvgIpc) is 3.25. The van der Waals surface area contributed by atoms with Crippen molar-refractivity contribution >= 4 is 17.5 Å². The first kappa shape index (κ1) is 18.9. The summed E-state index contributed by atoms with van der Waals surface area (Å²) in [5.41, 5.74) is 2.43. The molecule has 1 atom stereocenters. The first-order valence-corrected chi connectivity index (χ1v) is 9.55. The van der Waals surface area contributed by atoms with Crippen molar-refractivity contribution in [3.63, 3.8) is 0 Å². The minimum atomic E-state index is -0.559. The molecule has 0 aliphatic rings. The highest BCUT2D eigenvalue weighted by Crippen LogP contribution is 2.25. The lowest BCUT2D eigenvalue weighted by Gasteiger charge is -2.16. The third-order valence-electron chi connectivity index (χ3n) is 4.46. The number of rotatable bonds is 6. The van der Waals surface area contributed by atoms with E-state index < -0.39 is 6.04 Å². The molecule has 0 saturated carbocycles. The Labute approximate surface area is 173 Å². The molecule has 0 spiro atoms. The number of hydrogen-bond acceptors (Lipinski definition) is 4. The summed E-state index contributed by atoms with van der Waals surface area (Å²) in [7, 11) is 0. The van der Waals surface area contributed by atoms with Crippen LogP contribution in [-0.2, 0) is 11.2 Å². The minimum absolute atomic E-state index is 0.155. The molecule has 144 valence electrons. The van der Waals surface area contributed by atoms with Crippen LogP contribution in [0, 0.1) is 0 Å². The van der Waals surface area contributed by atoms with Gasteiger partial charge >= 0.3 is 0 Å². The predicted molar refractivity (Wildman–Crippen MR) is 111 cm³/mol. The fraction of sp³-hybridized carbons (Fsp3) is 0.0870. The summed E-state index contributed by atoms with van der Waals surface area (Å²) in [5.74, 6) is 0.538. The molecule has 1 unspecified atom stereocenters. The van der Waals surface area contributed by atoms with E-state index in [2.05, 4.69) is 15.5 Å². The standard InChI is InChI=1S/C23H18ClN3O2/c24-19-14-8-7-13-18(19)15-20(28)25-21(16-9-3-1-4-10-16)23-27-26-22(29-23)17-11-5-2-6-12-17/h1-14,21H,15H2,(H,25,28). The Balaban J connectivity index is 1.60. The minimum Gasteiger partial charge on any atom is -0.418 e. The number of carbonyl (C=O) groups is 1. The molecule has 0 aliphatic heterocycles. The summed E-state index contributed by atoms with van der Waals surface area (Å²) in [5, 5.41) is 11.9. The van der Waals surface area contributed by atoms with Gasteiger partial charge in [0.1, 0.15) is 6.04 Å². The molecule has 1 amide bonds. The molecule has 5 nitrogen and oxygen atoms in total. The number of carbonyl (C=O) groups excluding carboxylic acids is 1. The number of amides is 1. The van der Waals surface area contributed by atoms with E-state index in [0.29, 0.717) is 16.8 Å². The molecular formula is C23H18ClN3O2. The molecular weight excluding hydrogens is 386 g/mol. The second kappa shape index (κ2) is 8.71. The van der Waals surface area contributed by atoms with E-state index in [0.717, 1.165) is 16.7 Å². The molecule has 0 bridgehead atoms. The van der Waals surface area contributed by atoms with Crippen LogP contribution in [0.15, 0.2) is 89.3 Å². The van der Waals surface area contributed by atoms with Crippen molar-refractivity contribution in [1.29, 1.82) is 0 Å². The van der Waals surface area contributed by atoms with Gasteiger partial charge in [-0.2, -0.15) is 0 Å². The summed E-state index contributed by atoms with van der Waals surface area (Å²) in [6.45, 7) is 0. The number of halogens is 1. The van der Waals surface area contributed by atoms with Crippen LogP contribution in [0.4, 0.5) is 0 Å². The zero-order valence-electron chi connectivity index (χ0n) is 15.5. The molecule has 1 N–H and O–H groups in total. The van der Waals surface area contributed by atoms with Crippen LogP contribution in [0.5, 0.6) is 0 Å². The monoisotopic (exact) mass is 403 g/mol. The third-order valence-corrected chi connectivity index (χ3v) is 4.82. The highest BCUT2D eigenvalue weighted by atomic mass is 35.5. The van der Waals surface area contributed by atoms with Crippen molar-refractivity contribution < 1.29 is 9.21 Å². The normalized spacial score (nSPS) is 11.8. The highest BCUT2D eigenvalue weighted by molar-refractivity contribution is 6.31. The zero-order chi connectivity index (χ0) is 20.1. The Morgan fingerprint density at radius 2 is 1.55 bits per heavy atom. The van der Waals surface area contributed by atoms with E-state index in [4.69, 9.17) is 16.0 Å². The molecule has 0 saturated heterocycles. The summed E-state index contributed by atoms with van der Waals surface area (Å²) in [6, 6.07) is 25.8. The van der Waals surface area contributed by atoms with E-state index in [1.54, 1.807) is 6.07 Å². The van der Waals surface area contributed by atoms with Gasteiger partial charge < -0.3 is 9.73 Å². The van der Waals surface area contributed by atoms with Crippen molar-refractivity contribution in [3.8, 4) is 11.5 Å². The van der Waals surface area contributed by atoms with Crippen LogP contribution < -0.4 is 5.32 Å². The van der Waals surface area contributed by atoms with E-state index in [-0.39, 0.29) is 12.3 Å². The van der Waals surface area contributed by atoms with Crippen molar-refractivity contribution in [2.45, 2.75) is 12.5 Å². The lowest BCUT2D eigenvalue weighted by atomic mass is 10.1. The zero-order valence-corrected chi connectivity index (χ0v) is 16.2. The Bertz CT molecular complexity index is 1100. The first-order valence-electron chi connectivity index (χ1n) is 9.17. The number of hydrogen-bond donors (Lipinski definition) is 1. The molecule has 1 heterocycles. The topological polar surface area (TPSA) is 68.0 Å². The van der Waals surface area contributed by atoms with E-state index in [9.17, 15) is 4.79 Å². The van der Waals surface area contributed by atoms with Crippen LogP contribution >= 0.6 is 11.6 Å². The molecule has 3 aromatic carbocycles. The van der Waals surface area contributed by atoms with Crippen LogP contribution in [0.1, 0.15) is 23.1 Å². The van der Waals surface area contributed by atoms with Gasteiger partial charge in [0.25, 0.3) is 0 Å². The summed E-state index contributed by atoms with van der Waals surface area (Å²) in [6.07, 6.45) is 0.155. The van der Waals surface area contributed by atoms with Gasteiger partial charge in [0.05, 0.1) is 6.42 Å². The Morgan fingerprint density at radius 1 is 0.897 bits per heavy atom.